The van der Waals surface area contributed by atoms with E-state index < -0.39 is 23.0 Å². The highest BCUT2D eigenvalue weighted by Crippen LogP contribution is 2.42. The maximum Gasteiger partial charge on any atom is 0.416 e. The molecule has 1 unspecified atom stereocenters. The van der Waals surface area contributed by atoms with Gasteiger partial charge < -0.3 is 9.67 Å². The summed E-state index contributed by atoms with van der Waals surface area (Å²) in [5, 5.41) is 8.46. The van der Waals surface area contributed by atoms with Crippen LogP contribution in [-0.4, -0.2) is 20.6 Å². The number of imidazole rings is 1. The molecule has 1 N–H and O–H groups in total. The van der Waals surface area contributed by atoms with E-state index in [4.69, 9.17) is 5.11 Å². The lowest BCUT2D eigenvalue weighted by molar-refractivity contribution is -0.138. The molecule has 0 aliphatic rings. The highest BCUT2D eigenvalue weighted by Gasteiger charge is 2.35. The molecule has 28 heavy (non-hydrogen) atoms. The van der Waals surface area contributed by atoms with Gasteiger partial charge in [0, 0.05) is 23.8 Å². The molecule has 0 radical (unpaired) electrons. The molecule has 3 rings (SSSR count). The predicted octanol–water partition coefficient (Wildman–Crippen LogP) is 5.56. The molecule has 0 saturated heterocycles. The molecule has 3 aromatic rings. The van der Waals surface area contributed by atoms with Crippen LogP contribution in [-0.2, 0) is 12.7 Å². The molecule has 0 amide bonds. The lowest BCUT2D eigenvalue weighted by Gasteiger charge is -2.22. The predicted molar refractivity (Wildman–Crippen MR) is 103 cm³/mol. The van der Waals surface area contributed by atoms with Gasteiger partial charge in [0.25, 0.3) is 0 Å². The molecule has 1 heterocycles. The Hall–Kier alpha value is -2.45. The van der Waals surface area contributed by atoms with Gasteiger partial charge in [0.2, 0.25) is 0 Å². The summed E-state index contributed by atoms with van der Waals surface area (Å²) < 4.78 is 42.1. The molecule has 4 nitrogen and oxygen atoms in total. The molecular weight excluding hydrogens is 413 g/mol. The number of hydrogen-bond acceptors (Lipinski definition) is 3. The average molecular weight is 429 g/mol. The molecule has 2 aromatic carbocycles. The molecule has 0 fully saturated rings. The number of aromatic carboxylic acids is 1. The number of nitrogens with zero attached hydrogens (tertiary/aromatic N) is 2. The first kappa shape index (κ1) is 21.8. The maximum atomic E-state index is 13.5. The summed E-state index contributed by atoms with van der Waals surface area (Å²) in [5.74, 6) is -1.05. The van der Waals surface area contributed by atoms with Crippen LogP contribution in [0.15, 0.2) is 72.1 Å². The number of carboxylic acid groups (broad SMARTS) is 1. The zero-order valence-corrected chi connectivity index (χ0v) is 16.0. The minimum Gasteiger partial charge on any atom is -0.478 e. The van der Waals surface area contributed by atoms with Crippen LogP contribution in [0.5, 0.6) is 0 Å². The first-order valence-corrected chi connectivity index (χ1v) is 8.84. The topological polar surface area (TPSA) is 55.1 Å². The van der Waals surface area contributed by atoms with Crippen LogP contribution in [0.4, 0.5) is 13.2 Å². The van der Waals surface area contributed by atoms with Gasteiger partial charge >= 0.3 is 12.1 Å². The SMILES string of the molecule is Cl.O=C(O)c1ccc(SC(Cn2ccnc2)c2ccccc2C(F)(F)F)cc1. The van der Waals surface area contributed by atoms with Crippen molar-refractivity contribution in [2.75, 3.05) is 0 Å². The van der Waals surface area contributed by atoms with E-state index in [-0.39, 0.29) is 23.5 Å². The summed E-state index contributed by atoms with van der Waals surface area (Å²) in [6.07, 6.45) is 0.352. The molecule has 0 aliphatic carbocycles. The molecule has 148 valence electrons. The third kappa shape index (κ3) is 5.30. The molecule has 9 heteroatoms. The van der Waals surface area contributed by atoms with Crippen molar-refractivity contribution in [3.05, 3.63) is 83.9 Å². The molecular formula is C19H16ClF3N2O2S. The lowest BCUT2D eigenvalue weighted by Crippen LogP contribution is -2.13. The quantitative estimate of drug-likeness (QED) is 0.522. The van der Waals surface area contributed by atoms with Gasteiger partial charge in [0.1, 0.15) is 0 Å². The monoisotopic (exact) mass is 428 g/mol. The van der Waals surface area contributed by atoms with Gasteiger partial charge in [-0.2, -0.15) is 13.2 Å². The molecule has 0 saturated carbocycles. The zero-order chi connectivity index (χ0) is 19.4. The van der Waals surface area contributed by atoms with Gasteiger partial charge in [-0.25, -0.2) is 9.78 Å². The van der Waals surface area contributed by atoms with Crippen molar-refractivity contribution < 1.29 is 23.1 Å². The first-order valence-electron chi connectivity index (χ1n) is 7.96. The van der Waals surface area contributed by atoms with Gasteiger partial charge in [-0.05, 0) is 35.9 Å². The number of alkyl halides is 3. The Bertz CT molecular complexity index is 916. The summed E-state index contributed by atoms with van der Waals surface area (Å²) in [5.41, 5.74) is -0.378. The molecule has 1 atom stereocenters. The van der Waals surface area contributed by atoms with Crippen molar-refractivity contribution in [1.29, 1.82) is 0 Å². The van der Waals surface area contributed by atoms with Crippen molar-refractivity contribution in [2.24, 2.45) is 0 Å². The van der Waals surface area contributed by atoms with Crippen molar-refractivity contribution in [3.8, 4) is 0 Å². The number of carbonyl (C=O) groups is 1. The summed E-state index contributed by atoms with van der Waals surface area (Å²) >= 11 is 1.25. The fourth-order valence-electron chi connectivity index (χ4n) is 2.66. The van der Waals surface area contributed by atoms with Crippen molar-refractivity contribution >= 4 is 30.1 Å². The Kier molecular flexibility index (Phi) is 7.15. The van der Waals surface area contributed by atoms with E-state index in [0.717, 1.165) is 6.07 Å². The van der Waals surface area contributed by atoms with Crippen LogP contribution in [0, 0.1) is 0 Å². The third-order valence-electron chi connectivity index (χ3n) is 3.93. The van der Waals surface area contributed by atoms with Crippen molar-refractivity contribution in [1.82, 2.24) is 9.55 Å². The largest absolute Gasteiger partial charge is 0.478 e. The number of carboxylic acids is 1. The number of hydrogen-bond donors (Lipinski definition) is 1. The van der Waals surface area contributed by atoms with E-state index >= 15 is 0 Å². The second kappa shape index (κ2) is 9.16. The number of halogens is 4. The van der Waals surface area contributed by atoms with Gasteiger partial charge in [-0.3, -0.25) is 0 Å². The summed E-state index contributed by atoms with van der Waals surface area (Å²) in [6, 6.07) is 11.6. The fourth-order valence-corrected chi connectivity index (χ4v) is 3.86. The average Bonchev–Trinajstić information content (AvgIpc) is 3.14. The first-order chi connectivity index (χ1) is 12.8. The Morgan fingerprint density at radius 2 is 1.82 bits per heavy atom. The van der Waals surface area contributed by atoms with Gasteiger partial charge in [-0.1, -0.05) is 18.2 Å². The second-order valence-corrected chi connectivity index (χ2v) is 7.06. The second-order valence-electron chi connectivity index (χ2n) is 5.78. The number of benzene rings is 2. The van der Waals surface area contributed by atoms with Crippen LogP contribution < -0.4 is 0 Å². The Morgan fingerprint density at radius 1 is 1.14 bits per heavy atom. The molecule has 0 aliphatic heterocycles. The maximum absolute atomic E-state index is 13.5. The molecule has 0 bridgehead atoms. The lowest BCUT2D eigenvalue weighted by atomic mass is 10.0. The van der Waals surface area contributed by atoms with E-state index in [1.165, 1.54) is 36.0 Å². The Labute approximate surface area is 169 Å². The number of aromatic nitrogens is 2. The van der Waals surface area contributed by atoms with Crippen molar-refractivity contribution in [2.45, 2.75) is 22.9 Å². The van der Waals surface area contributed by atoms with Crippen LogP contribution in [0.3, 0.4) is 0 Å². The van der Waals surface area contributed by atoms with E-state index in [0.29, 0.717) is 11.4 Å². The van der Waals surface area contributed by atoms with E-state index in [1.807, 2.05) is 0 Å². The summed E-state index contributed by atoms with van der Waals surface area (Å²) in [4.78, 5) is 15.6. The van der Waals surface area contributed by atoms with Crippen LogP contribution >= 0.6 is 24.2 Å². The molecule has 1 aromatic heterocycles. The van der Waals surface area contributed by atoms with E-state index in [9.17, 15) is 18.0 Å². The number of rotatable bonds is 6. The van der Waals surface area contributed by atoms with Gasteiger partial charge in [0.15, 0.2) is 0 Å². The van der Waals surface area contributed by atoms with Gasteiger partial charge in [-0.15, -0.1) is 24.2 Å². The van der Waals surface area contributed by atoms with Gasteiger partial charge in [0.05, 0.1) is 22.7 Å². The molecule has 0 spiro atoms. The summed E-state index contributed by atoms with van der Waals surface area (Å²) in [6.45, 7) is 0.290. The fraction of sp³-hybridized carbons (Fsp3) is 0.158. The van der Waals surface area contributed by atoms with E-state index in [1.54, 1.807) is 41.5 Å². The number of thioether (sulfide) groups is 1. The summed E-state index contributed by atoms with van der Waals surface area (Å²) in [7, 11) is 0. The minimum atomic E-state index is -4.46. The Balaban J connectivity index is 0.00000280. The van der Waals surface area contributed by atoms with Crippen LogP contribution in [0.25, 0.3) is 0 Å². The van der Waals surface area contributed by atoms with Crippen molar-refractivity contribution in [3.63, 3.8) is 0 Å². The normalized spacial score (nSPS) is 12.2. The standard InChI is InChI=1S/C19H15F3N2O2S.ClH/c20-19(21,22)16-4-2-1-3-15(16)17(11-24-10-9-23-12-24)27-14-7-5-13(6-8-14)18(25)26;/h1-10,12,17H,11H2,(H,25,26);1H. The van der Waals surface area contributed by atoms with Crippen LogP contribution in [0.2, 0.25) is 0 Å². The Morgan fingerprint density at radius 3 is 2.39 bits per heavy atom. The smallest absolute Gasteiger partial charge is 0.416 e. The zero-order valence-electron chi connectivity index (χ0n) is 14.3. The van der Waals surface area contributed by atoms with Crippen LogP contribution in [0.1, 0.15) is 26.7 Å². The van der Waals surface area contributed by atoms with E-state index in [2.05, 4.69) is 4.98 Å². The highest BCUT2D eigenvalue weighted by atomic mass is 35.5. The minimum absolute atomic E-state index is 0. The third-order valence-corrected chi connectivity index (χ3v) is 5.16. The highest BCUT2D eigenvalue weighted by molar-refractivity contribution is 7.99.